The van der Waals surface area contributed by atoms with E-state index < -0.39 is 11.9 Å². The first kappa shape index (κ1) is 30.3. The van der Waals surface area contributed by atoms with Gasteiger partial charge in [-0.25, -0.2) is 4.68 Å². The summed E-state index contributed by atoms with van der Waals surface area (Å²) >= 11 is 18.5. The highest BCUT2D eigenvalue weighted by molar-refractivity contribution is 6.42. The summed E-state index contributed by atoms with van der Waals surface area (Å²) < 4.78 is 24.5. The summed E-state index contributed by atoms with van der Waals surface area (Å²) in [6, 6.07) is 13.3. The van der Waals surface area contributed by atoms with Crippen LogP contribution in [0.25, 0.3) is 0 Å². The fraction of sp³-hybridized carbons (Fsp3) is 0.233. The highest BCUT2D eigenvalue weighted by atomic mass is 35.5. The first-order chi connectivity index (χ1) is 20.7. The number of nitrogens with one attached hydrogen (secondary N) is 2. The minimum absolute atomic E-state index is 0.246. The second-order valence-corrected chi connectivity index (χ2v) is 10.6. The molecule has 0 bridgehead atoms. The lowest BCUT2D eigenvalue weighted by Crippen LogP contribution is -2.31. The number of benzene rings is 3. The molecule has 0 saturated carbocycles. The van der Waals surface area contributed by atoms with Gasteiger partial charge in [-0.2, -0.15) is 10.1 Å². The second kappa shape index (κ2) is 13.0. The molecule has 1 aliphatic rings. The zero-order valence-electron chi connectivity index (χ0n) is 23.7. The van der Waals surface area contributed by atoms with Gasteiger partial charge in [-0.05, 0) is 49.2 Å². The summed E-state index contributed by atoms with van der Waals surface area (Å²) in [6.45, 7) is 4.33. The highest BCUT2D eigenvalue weighted by Gasteiger charge is 2.34. The van der Waals surface area contributed by atoms with Crippen LogP contribution in [0.1, 0.15) is 31.0 Å². The molecule has 0 aliphatic carbocycles. The number of halogens is 3. The predicted octanol–water partition coefficient (Wildman–Crippen LogP) is 7.16. The second-order valence-electron chi connectivity index (χ2n) is 9.41. The van der Waals surface area contributed by atoms with Crippen LogP contribution in [0.4, 0.5) is 11.6 Å². The van der Waals surface area contributed by atoms with Crippen molar-refractivity contribution in [3.8, 4) is 23.0 Å². The molecule has 10 nitrogen and oxygen atoms in total. The van der Waals surface area contributed by atoms with Crippen molar-refractivity contribution in [2.75, 3.05) is 31.5 Å². The number of hydrogen-bond donors (Lipinski definition) is 2. The van der Waals surface area contributed by atoms with Crippen molar-refractivity contribution in [3.63, 3.8) is 0 Å². The van der Waals surface area contributed by atoms with Gasteiger partial charge in [0, 0.05) is 17.8 Å². The van der Waals surface area contributed by atoms with E-state index in [1.165, 1.54) is 20.5 Å². The first-order valence-corrected chi connectivity index (χ1v) is 14.3. The van der Waals surface area contributed by atoms with Crippen LogP contribution in [0, 0.1) is 0 Å². The van der Waals surface area contributed by atoms with Crippen LogP contribution in [0.5, 0.6) is 23.0 Å². The maximum absolute atomic E-state index is 14.0. The third-order valence-corrected chi connectivity index (χ3v) is 7.76. The standard InChI is InChI=1S/C30H28Cl3N5O5/c1-5-42-26-11-18(7-9-23(26)43-14-17-6-8-19(31)20(32)10-17)28-27(16(2)36-30-34-15-35-38(28)30)29(39)37-22-13-24(40-3)21(33)12-25(22)41-4/h6-13,15,28H,5,14H2,1-4H3,(H,37,39)(H,34,35,36)/t28-/m0/s1. The maximum atomic E-state index is 14.0. The zero-order chi connectivity index (χ0) is 30.7. The number of ether oxygens (including phenoxy) is 4. The average molecular weight is 645 g/mol. The molecule has 3 aromatic carbocycles. The summed E-state index contributed by atoms with van der Waals surface area (Å²) in [4.78, 5) is 18.3. The molecule has 13 heteroatoms. The van der Waals surface area contributed by atoms with E-state index >= 15 is 0 Å². The zero-order valence-corrected chi connectivity index (χ0v) is 26.0. The SMILES string of the molecule is CCOc1cc([C@H]2C(C(=O)Nc3cc(OC)c(Cl)cc3OC)=C(C)Nc3ncnn32)ccc1OCc1ccc(Cl)c(Cl)c1. The Bertz CT molecular complexity index is 1710. The number of nitrogens with zero attached hydrogens (tertiary/aromatic N) is 3. The van der Waals surface area contributed by atoms with E-state index in [2.05, 4.69) is 20.7 Å². The number of methoxy groups -OCH3 is 2. The summed E-state index contributed by atoms with van der Waals surface area (Å²) in [7, 11) is 2.98. The summed E-state index contributed by atoms with van der Waals surface area (Å²) in [5.74, 6) is 1.88. The Hall–Kier alpha value is -4.12. The Kier molecular flexibility index (Phi) is 9.19. The molecule has 0 saturated heterocycles. The number of aromatic nitrogens is 3. The molecular formula is C30H28Cl3N5O5. The van der Waals surface area contributed by atoms with E-state index in [4.69, 9.17) is 53.8 Å². The Morgan fingerprint density at radius 1 is 0.930 bits per heavy atom. The lowest BCUT2D eigenvalue weighted by molar-refractivity contribution is -0.113. The topological polar surface area (TPSA) is 109 Å². The number of hydrogen-bond acceptors (Lipinski definition) is 8. The summed E-state index contributed by atoms with van der Waals surface area (Å²) in [5, 5.41) is 11.8. The Labute approximate surface area is 263 Å². The van der Waals surface area contributed by atoms with Crippen molar-refractivity contribution < 1.29 is 23.7 Å². The van der Waals surface area contributed by atoms with Crippen LogP contribution in [0.3, 0.4) is 0 Å². The van der Waals surface area contributed by atoms with Gasteiger partial charge in [-0.15, -0.1) is 0 Å². The summed E-state index contributed by atoms with van der Waals surface area (Å²) in [6.07, 6.45) is 1.43. The van der Waals surface area contributed by atoms with E-state index in [0.29, 0.717) is 67.6 Å². The molecule has 2 N–H and O–H groups in total. The first-order valence-electron chi connectivity index (χ1n) is 13.2. The Morgan fingerprint density at radius 3 is 2.44 bits per heavy atom. The van der Waals surface area contributed by atoms with Crippen LogP contribution in [0.2, 0.25) is 15.1 Å². The fourth-order valence-electron chi connectivity index (χ4n) is 4.71. The Morgan fingerprint density at radius 2 is 1.72 bits per heavy atom. The van der Waals surface area contributed by atoms with Gasteiger partial charge in [-0.1, -0.05) is 46.9 Å². The number of rotatable bonds is 10. The third-order valence-electron chi connectivity index (χ3n) is 6.72. The van der Waals surface area contributed by atoms with Gasteiger partial charge in [0.2, 0.25) is 5.95 Å². The van der Waals surface area contributed by atoms with Crippen molar-refractivity contribution in [2.45, 2.75) is 26.5 Å². The molecule has 0 unspecified atom stereocenters. The van der Waals surface area contributed by atoms with E-state index in [1.807, 2.05) is 25.1 Å². The fourth-order valence-corrected chi connectivity index (χ4v) is 5.27. The van der Waals surface area contributed by atoms with Gasteiger partial charge in [-0.3, -0.25) is 4.79 Å². The molecule has 1 amide bonds. The largest absolute Gasteiger partial charge is 0.495 e. The van der Waals surface area contributed by atoms with Crippen LogP contribution >= 0.6 is 34.8 Å². The molecule has 4 aromatic rings. The molecule has 0 spiro atoms. The number of fused-ring (bicyclic) bond motifs is 1. The van der Waals surface area contributed by atoms with E-state index in [1.54, 1.807) is 41.9 Å². The number of allylic oxidation sites excluding steroid dienone is 1. The summed E-state index contributed by atoms with van der Waals surface area (Å²) in [5.41, 5.74) is 2.96. The molecule has 1 aromatic heterocycles. The van der Waals surface area contributed by atoms with E-state index in [-0.39, 0.29) is 6.61 Å². The van der Waals surface area contributed by atoms with Crippen LogP contribution < -0.4 is 29.6 Å². The van der Waals surface area contributed by atoms with E-state index in [9.17, 15) is 4.79 Å². The van der Waals surface area contributed by atoms with Crippen LogP contribution in [0.15, 0.2) is 66.1 Å². The molecule has 1 aliphatic heterocycles. The van der Waals surface area contributed by atoms with Crippen LogP contribution in [-0.4, -0.2) is 41.5 Å². The molecular weight excluding hydrogens is 617 g/mol. The average Bonchev–Trinajstić information content (AvgIpc) is 3.46. The van der Waals surface area contributed by atoms with Crippen molar-refractivity contribution in [3.05, 3.63) is 92.3 Å². The highest BCUT2D eigenvalue weighted by Crippen LogP contribution is 2.41. The molecule has 0 fully saturated rings. The predicted molar refractivity (Wildman–Crippen MR) is 166 cm³/mol. The monoisotopic (exact) mass is 643 g/mol. The van der Waals surface area contributed by atoms with Crippen molar-refractivity contribution in [1.29, 1.82) is 0 Å². The number of carbonyl (C=O) groups excluding carboxylic acids is 1. The van der Waals surface area contributed by atoms with Crippen LogP contribution in [-0.2, 0) is 11.4 Å². The number of anilines is 2. The van der Waals surface area contributed by atoms with Crippen molar-refractivity contribution in [1.82, 2.24) is 14.8 Å². The van der Waals surface area contributed by atoms with Gasteiger partial charge in [0.25, 0.3) is 5.91 Å². The van der Waals surface area contributed by atoms with Gasteiger partial charge in [0.15, 0.2) is 11.5 Å². The minimum atomic E-state index is -0.651. The third kappa shape index (κ3) is 6.31. The van der Waals surface area contributed by atoms with Crippen molar-refractivity contribution in [2.24, 2.45) is 0 Å². The van der Waals surface area contributed by atoms with Gasteiger partial charge in [0.1, 0.15) is 30.5 Å². The lowest BCUT2D eigenvalue weighted by Gasteiger charge is -2.29. The molecule has 0 radical (unpaired) electrons. The normalized spacial score (nSPS) is 14.1. The Balaban J connectivity index is 1.50. The minimum Gasteiger partial charge on any atom is -0.495 e. The van der Waals surface area contributed by atoms with E-state index in [0.717, 1.165) is 11.1 Å². The molecule has 1 atom stereocenters. The molecule has 5 rings (SSSR count). The number of carbonyl (C=O) groups is 1. The van der Waals surface area contributed by atoms with Gasteiger partial charge >= 0.3 is 0 Å². The quantitative estimate of drug-likeness (QED) is 0.187. The molecule has 2 heterocycles. The lowest BCUT2D eigenvalue weighted by atomic mass is 9.94. The van der Waals surface area contributed by atoms with Gasteiger partial charge < -0.3 is 29.6 Å². The van der Waals surface area contributed by atoms with Gasteiger partial charge in [0.05, 0.1) is 47.2 Å². The molecule has 224 valence electrons. The number of amides is 1. The van der Waals surface area contributed by atoms with Crippen molar-refractivity contribution >= 4 is 52.3 Å². The molecule has 43 heavy (non-hydrogen) atoms. The smallest absolute Gasteiger partial charge is 0.255 e. The maximum Gasteiger partial charge on any atom is 0.255 e.